The van der Waals surface area contributed by atoms with Crippen molar-refractivity contribution in [2.24, 2.45) is 5.73 Å². The van der Waals surface area contributed by atoms with Gasteiger partial charge in [0, 0.05) is 23.4 Å². The second-order valence-electron chi connectivity index (χ2n) is 4.69. The van der Waals surface area contributed by atoms with Gasteiger partial charge in [0.25, 0.3) is 0 Å². The van der Waals surface area contributed by atoms with E-state index >= 15 is 0 Å². The van der Waals surface area contributed by atoms with Crippen LogP contribution in [-0.4, -0.2) is 12.1 Å². The van der Waals surface area contributed by atoms with E-state index in [2.05, 4.69) is 5.32 Å². The van der Waals surface area contributed by atoms with Crippen molar-refractivity contribution in [2.45, 2.75) is 13.0 Å². The summed E-state index contributed by atoms with van der Waals surface area (Å²) in [6.45, 7) is 1.98. The Labute approximate surface area is 128 Å². The van der Waals surface area contributed by atoms with Crippen LogP contribution in [0.25, 0.3) is 0 Å². The quantitative estimate of drug-likeness (QED) is 0.828. The molecule has 1 unspecified atom stereocenters. The van der Waals surface area contributed by atoms with E-state index in [4.69, 9.17) is 22.7 Å². The molecule has 5 heteroatoms. The molecule has 3 nitrogen and oxygen atoms in total. The molecule has 0 spiro atoms. The number of hydrogen-bond acceptors (Lipinski definition) is 3. The highest BCUT2D eigenvalue weighted by atomic mass is 32.1. The van der Waals surface area contributed by atoms with Gasteiger partial charge in [-0.1, -0.05) is 24.4 Å². The van der Waals surface area contributed by atoms with Crippen LogP contribution >= 0.6 is 12.2 Å². The summed E-state index contributed by atoms with van der Waals surface area (Å²) in [5, 5.41) is 3.33. The lowest BCUT2D eigenvalue weighted by atomic mass is 10.1. The molecule has 110 valence electrons. The molecule has 21 heavy (non-hydrogen) atoms. The molecule has 0 radical (unpaired) electrons. The Balaban J connectivity index is 2.28. The topological polar surface area (TPSA) is 47.3 Å². The minimum atomic E-state index is -0.254. The van der Waals surface area contributed by atoms with Gasteiger partial charge in [-0.05, 0) is 36.8 Å². The highest BCUT2D eigenvalue weighted by Crippen LogP contribution is 2.26. The van der Waals surface area contributed by atoms with Crippen molar-refractivity contribution in [3.63, 3.8) is 0 Å². The van der Waals surface area contributed by atoms with Crippen molar-refractivity contribution in [3.05, 3.63) is 59.4 Å². The van der Waals surface area contributed by atoms with E-state index in [0.717, 1.165) is 16.8 Å². The molecule has 2 rings (SSSR count). The lowest BCUT2D eigenvalue weighted by Crippen LogP contribution is -2.15. The first-order valence-electron chi connectivity index (χ1n) is 6.51. The first kappa shape index (κ1) is 15.3. The minimum Gasteiger partial charge on any atom is -0.497 e. The van der Waals surface area contributed by atoms with Gasteiger partial charge in [0.05, 0.1) is 7.11 Å². The van der Waals surface area contributed by atoms with Gasteiger partial charge in [0.1, 0.15) is 16.6 Å². The van der Waals surface area contributed by atoms with Gasteiger partial charge in [-0.25, -0.2) is 4.39 Å². The predicted molar refractivity (Wildman–Crippen MR) is 87.3 cm³/mol. The fourth-order valence-corrected chi connectivity index (χ4v) is 2.23. The van der Waals surface area contributed by atoms with Crippen molar-refractivity contribution in [1.82, 2.24) is 0 Å². The van der Waals surface area contributed by atoms with Crippen LogP contribution in [0.3, 0.4) is 0 Å². The van der Waals surface area contributed by atoms with Crippen molar-refractivity contribution in [1.29, 1.82) is 0 Å². The Hall–Kier alpha value is -2.14. The number of benzene rings is 2. The van der Waals surface area contributed by atoms with E-state index in [1.54, 1.807) is 19.2 Å². The largest absolute Gasteiger partial charge is 0.497 e. The number of halogens is 1. The van der Waals surface area contributed by atoms with E-state index < -0.39 is 0 Å². The summed E-state index contributed by atoms with van der Waals surface area (Å²) in [6, 6.07) is 11.8. The van der Waals surface area contributed by atoms with E-state index in [-0.39, 0.29) is 11.9 Å². The number of nitrogens with two attached hydrogens (primary N) is 1. The summed E-state index contributed by atoms with van der Waals surface area (Å²) in [5.74, 6) is 0.458. The highest BCUT2D eigenvalue weighted by molar-refractivity contribution is 7.80. The maximum atomic E-state index is 13.0. The number of rotatable bonds is 5. The predicted octanol–water partition coefficient (Wildman–Crippen LogP) is 3.64. The fourth-order valence-electron chi connectivity index (χ4n) is 2.05. The maximum Gasteiger partial charge on any atom is 0.123 e. The Kier molecular flexibility index (Phi) is 4.75. The van der Waals surface area contributed by atoms with Gasteiger partial charge >= 0.3 is 0 Å². The zero-order valence-corrected chi connectivity index (χ0v) is 12.7. The molecule has 0 bridgehead atoms. The van der Waals surface area contributed by atoms with Crippen LogP contribution in [0.5, 0.6) is 5.75 Å². The molecule has 2 aromatic carbocycles. The minimum absolute atomic E-state index is 0.0224. The standard InChI is InChI=1S/C16H17FN2OS/c1-10(11-3-5-12(17)6-4-11)19-15-9-13(20-2)7-8-14(15)16(18)21/h3-10,19H,1-2H3,(H2,18,21). The lowest BCUT2D eigenvalue weighted by Gasteiger charge is -2.19. The monoisotopic (exact) mass is 304 g/mol. The van der Waals surface area contributed by atoms with Gasteiger partial charge in [-0.2, -0.15) is 0 Å². The van der Waals surface area contributed by atoms with E-state index in [1.807, 2.05) is 25.1 Å². The molecule has 0 amide bonds. The van der Waals surface area contributed by atoms with Gasteiger partial charge in [0.15, 0.2) is 0 Å². The molecule has 1 atom stereocenters. The normalized spacial score (nSPS) is 11.8. The lowest BCUT2D eigenvalue weighted by molar-refractivity contribution is 0.415. The molecule has 0 saturated heterocycles. The number of nitrogens with one attached hydrogen (secondary N) is 1. The molecular weight excluding hydrogens is 287 g/mol. The van der Waals surface area contributed by atoms with Gasteiger partial charge < -0.3 is 15.8 Å². The summed E-state index contributed by atoms with van der Waals surface area (Å²) in [7, 11) is 1.60. The van der Waals surface area contributed by atoms with Crippen LogP contribution in [0.4, 0.5) is 10.1 Å². The number of hydrogen-bond donors (Lipinski definition) is 2. The summed E-state index contributed by atoms with van der Waals surface area (Å²) in [4.78, 5) is 0.312. The average molecular weight is 304 g/mol. The molecule has 0 heterocycles. The first-order chi connectivity index (χ1) is 10.0. The van der Waals surface area contributed by atoms with E-state index in [0.29, 0.717) is 10.7 Å². The van der Waals surface area contributed by atoms with Crippen molar-refractivity contribution < 1.29 is 9.13 Å². The van der Waals surface area contributed by atoms with Gasteiger partial charge in [0.2, 0.25) is 0 Å². The third kappa shape index (κ3) is 3.70. The molecule has 2 aromatic rings. The Bertz CT molecular complexity index is 643. The zero-order chi connectivity index (χ0) is 15.4. The molecule has 0 aliphatic heterocycles. The third-order valence-electron chi connectivity index (χ3n) is 3.23. The van der Waals surface area contributed by atoms with Crippen LogP contribution in [0, 0.1) is 5.82 Å². The molecular formula is C16H17FN2OS. The summed E-state index contributed by atoms with van der Waals surface area (Å²) >= 11 is 5.06. The van der Waals surface area contributed by atoms with Crippen molar-refractivity contribution in [2.75, 3.05) is 12.4 Å². The maximum absolute atomic E-state index is 13.0. The van der Waals surface area contributed by atoms with Gasteiger partial charge in [-0.3, -0.25) is 0 Å². The van der Waals surface area contributed by atoms with Crippen LogP contribution in [0.2, 0.25) is 0 Å². The highest BCUT2D eigenvalue weighted by Gasteiger charge is 2.11. The molecule has 0 saturated carbocycles. The molecule has 0 aliphatic carbocycles. The Morgan fingerprint density at radius 2 is 1.90 bits per heavy atom. The van der Waals surface area contributed by atoms with Crippen molar-refractivity contribution in [3.8, 4) is 5.75 Å². The second kappa shape index (κ2) is 6.54. The number of methoxy groups -OCH3 is 1. The number of ether oxygens (including phenoxy) is 1. The van der Waals surface area contributed by atoms with Crippen molar-refractivity contribution >= 4 is 22.9 Å². The zero-order valence-electron chi connectivity index (χ0n) is 11.9. The number of anilines is 1. The van der Waals surface area contributed by atoms with E-state index in [1.165, 1.54) is 12.1 Å². The smallest absolute Gasteiger partial charge is 0.123 e. The first-order valence-corrected chi connectivity index (χ1v) is 6.92. The Morgan fingerprint density at radius 3 is 2.48 bits per heavy atom. The van der Waals surface area contributed by atoms with Crippen LogP contribution in [0.1, 0.15) is 24.1 Å². The second-order valence-corrected chi connectivity index (χ2v) is 5.13. The number of thiocarbonyl (C=S) groups is 1. The molecule has 0 fully saturated rings. The van der Waals surface area contributed by atoms with Gasteiger partial charge in [-0.15, -0.1) is 0 Å². The summed E-state index contributed by atoms with van der Waals surface area (Å²) in [5.41, 5.74) is 8.25. The van der Waals surface area contributed by atoms with Crippen LogP contribution in [-0.2, 0) is 0 Å². The molecule has 0 aromatic heterocycles. The fraction of sp³-hybridized carbons (Fsp3) is 0.188. The summed E-state index contributed by atoms with van der Waals surface area (Å²) < 4.78 is 18.2. The van der Waals surface area contributed by atoms with E-state index in [9.17, 15) is 4.39 Å². The third-order valence-corrected chi connectivity index (χ3v) is 3.45. The van der Waals surface area contributed by atoms with Crippen LogP contribution in [0.15, 0.2) is 42.5 Å². The SMILES string of the molecule is COc1ccc(C(N)=S)c(NC(C)c2ccc(F)cc2)c1. The molecule has 3 N–H and O–H groups in total. The average Bonchev–Trinajstić information content (AvgIpc) is 2.47. The Morgan fingerprint density at radius 1 is 1.24 bits per heavy atom. The molecule has 0 aliphatic rings. The summed E-state index contributed by atoms with van der Waals surface area (Å²) in [6.07, 6.45) is 0. The van der Waals surface area contributed by atoms with Crippen LogP contribution < -0.4 is 15.8 Å².